The molecular formula is C14H20N2O2. The van der Waals surface area contributed by atoms with Crippen molar-refractivity contribution in [1.82, 2.24) is 5.32 Å². The van der Waals surface area contributed by atoms with Crippen LogP contribution in [-0.4, -0.2) is 32.2 Å². The Morgan fingerprint density at radius 3 is 2.78 bits per heavy atom. The molecule has 0 aliphatic heterocycles. The van der Waals surface area contributed by atoms with Crippen LogP contribution in [0.2, 0.25) is 0 Å². The van der Waals surface area contributed by atoms with E-state index < -0.39 is 0 Å². The highest BCUT2D eigenvalue weighted by atomic mass is 16.5. The summed E-state index contributed by atoms with van der Waals surface area (Å²) in [6, 6.07) is 9.40. The highest BCUT2D eigenvalue weighted by Crippen LogP contribution is 2.03. The first-order chi connectivity index (χ1) is 8.83. The number of para-hydroxylation sites is 1. The van der Waals surface area contributed by atoms with Crippen molar-refractivity contribution in [3.63, 3.8) is 0 Å². The number of carbonyl (C=O) groups is 1. The molecule has 0 aromatic heterocycles. The number of carbonyl (C=O) groups excluding carboxylic acids is 1. The second-order valence-electron chi connectivity index (χ2n) is 3.78. The molecule has 0 fully saturated rings. The maximum Gasteiger partial charge on any atom is 0.238 e. The molecule has 0 spiro atoms. The van der Waals surface area contributed by atoms with Gasteiger partial charge in [-0.15, -0.1) is 6.58 Å². The second-order valence-corrected chi connectivity index (χ2v) is 3.78. The Bertz CT molecular complexity index is 352. The third-order valence-corrected chi connectivity index (χ3v) is 2.23. The number of benzene rings is 1. The Morgan fingerprint density at radius 2 is 2.06 bits per heavy atom. The van der Waals surface area contributed by atoms with Crippen LogP contribution in [0.25, 0.3) is 0 Å². The molecule has 1 aromatic carbocycles. The fourth-order valence-electron chi connectivity index (χ4n) is 1.34. The largest absolute Gasteiger partial charge is 0.380 e. The minimum atomic E-state index is -0.0488. The Kier molecular flexibility index (Phi) is 7.52. The van der Waals surface area contributed by atoms with Gasteiger partial charge in [0.2, 0.25) is 5.91 Å². The molecule has 0 saturated carbocycles. The molecule has 0 saturated heterocycles. The lowest BCUT2D eigenvalue weighted by molar-refractivity contribution is -0.115. The average molecular weight is 248 g/mol. The second kappa shape index (κ2) is 9.39. The van der Waals surface area contributed by atoms with Gasteiger partial charge in [0.1, 0.15) is 0 Å². The van der Waals surface area contributed by atoms with Gasteiger partial charge in [-0.2, -0.15) is 0 Å². The van der Waals surface area contributed by atoms with Crippen molar-refractivity contribution in [2.24, 2.45) is 0 Å². The minimum absolute atomic E-state index is 0.0488. The van der Waals surface area contributed by atoms with Gasteiger partial charge < -0.3 is 15.4 Å². The van der Waals surface area contributed by atoms with Crippen LogP contribution in [-0.2, 0) is 9.53 Å². The molecule has 98 valence electrons. The topological polar surface area (TPSA) is 50.4 Å². The molecule has 2 N–H and O–H groups in total. The molecule has 1 amide bonds. The summed E-state index contributed by atoms with van der Waals surface area (Å²) in [6.45, 7) is 5.85. The summed E-state index contributed by atoms with van der Waals surface area (Å²) >= 11 is 0. The monoisotopic (exact) mass is 248 g/mol. The summed E-state index contributed by atoms with van der Waals surface area (Å²) < 4.78 is 5.31. The summed E-state index contributed by atoms with van der Waals surface area (Å²) in [7, 11) is 0. The molecule has 0 heterocycles. The van der Waals surface area contributed by atoms with Crippen LogP contribution in [0.1, 0.15) is 6.42 Å². The summed E-state index contributed by atoms with van der Waals surface area (Å²) in [6.07, 6.45) is 2.68. The lowest BCUT2D eigenvalue weighted by Gasteiger charge is -2.06. The molecule has 4 heteroatoms. The van der Waals surface area contributed by atoms with Gasteiger partial charge in [-0.25, -0.2) is 0 Å². The molecule has 1 aromatic rings. The molecule has 0 aliphatic carbocycles. The van der Waals surface area contributed by atoms with Gasteiger partial charge in [0, 0.05) is 12.2 Å². The van der Waals surface area contributed by atoms with E-state index in [1.54, 1.807) is 0 Å². The predicted octanol–water partition coefficient (Wildman–Crippen LogP) is 1.81. The molecule has 0 atom stereocenters. The summed E-state index contributed by atoms with van der Waals surface area (Å²) in [4.78, 5) is 11.5. The zero-order valence-electron chi connectivity index (χ0n) is 10.5. The van der Waals surface area contributed by atoms with Gasteiger partial charge in [0.15, 0.2) is 0 Å². The average Bonchev–Trinajstić information content (AvgIpc) is 2.39. The molecule has 0 bridgehead atoms. The number of ether oxygens (including phenoxy) is 1. The maximum absolute atomic E-state index is 11.5. The summed E-state index contributed by atoms with van der Waals surface area (Å²) in [5.74, 6) is -0.0488. The van der Waals surface area contributed by atoms with Crippen LogP contribution in [0.5, 0.6) is 0 Å². The highest BCUT2D eigenvalue weighted by molar-refractivity contribution is 5.92. The van der Waals surface area contributed by atoms with E-state index in [0.29, 0.717) is 26.3 Å². The first-order valence-electron chi connectivity index (χ1n) is 6.07. The lowest BCUT2D eigenvalue weighted by atomic mass is 10.3. The molecule has 0 radical (unpaired) electrons. The Morgan fingerprint density at radius 1 is 1.28 bits per heavy atom. The first kappa shape index (κ1) is 14.4. The van der Waals surface area contributed by atoms with E-state index in [2.05, 4.69) is 17.2 Å². The Hall–Kier alpha value is -1.65. The molecule has 18 heavy (non-hydrogen) atoms. The van der Waals surface area contributed by atoms with Crippen molar-refractivity contribution in [3.05, 3.63) is 43.0 Å². The van der Waals surface area contributed by atoms with E-state index >= 15 is 0 Å². The highest BCUT2D eigenvalue weighted by Gasteiger charge is 2.00. The van der Waals surface area contributed by atoms with Gasteiger partial charge in [-0.3, -0.25) is 4.79 Å². The van der Waals surface area contributed by atoms with Crippen LogP contribution in [0.3, 0.4) is 0 Å². The van der Waals surface area contributed by atoms with Crippen LogP contribution < -0.4 is 10.6 Å². The number of hydrogen-bond acceptors (Lipinski definition) is 3. The minimum Gasteiger partial charge on any atom is -0.380 e. The van der Waals surface area contributed by atoms with E-state index in [0.717, 1.165) is 12.1 Å². The van der Waals surface area contributed by atoms with Crippen molar-refractivity contribution in [2.75, 3.05) is 31.6 Å². The maximum atomic E-state index is 11.5. The van der Waals surface area contributed by atoms with Crippen molar-refractivity contribution in [3.8, 4) is 0 Å². The number of anilines is 1. The van der Waals surface area contributed by atoms with Crippen LogP contribution >= 0.6 is 0 Å². The molecule has 4 nitrogen and oxygen atoms in total. The zero-order valence-corrected chi connectivity index (χ0v) is 10.5. The van der Waals surface area contributed by atoms with Crippen molar-refractivity contribution in [2.45, 2.75) is 6.42 Å². The third-order valence-electron chi connectivity index (χ3n) is 2.23. The van der Waals surface area contributed by atoms with E-state index in [9.17, 15) is 4.79 Å². The van der Waals surface area contributed by atoms with E-state index in [1.807, 2.05) is 36.4 Å². The Labute approximate surface area is 108 Å². The molecule has 0 unspecified atom stereocenters. The standard InChI is InChI=1S/C14H20N2O2/c1-2-3-10-18-11-9-15-12-14(17)16-13-7-5-4-6-8-13/h2,4-8,15H,1,3,9-12H2,(H,16,17). The zero-order chi connectivity index (χ0) is 13.1. The van der Waals surface area contributed by atoms with Crippen molar-refractivity contribution in [1.29, 1.82) is 0 Å². The SMILES string of the molecule is C=CCCOCCNCC(=O)Nc1ccccc1. The molecular weight excluding hydrogens is 228 g/mol. The van der Waals surface area contributed by atoms with Crippen LogP contribution in [0.4, 0.5) is 5.69 Å². The number of amides is 1. The van der Waals surface area contributed by atoms with E-state index in [1.165, 1.54) is 0 Å². The number of rotatable bonds is 9. The fraction of sp³-hybridized carbons (Fsp3) is 0.357. The predicted molar refractivity (Wildman–Crippen MR) is 73.6 cm³/mol. The summed E-state index contributed by atoms with van der Waals surface area (Å²) in [5, 5.41) is 5.82. The molecule has 1 rings (SSSR count). The van der Waals surface area contributed by atoms with Gasteiger partial charge in [0.25, 0.3) is 0 Å². The fourth-order valence-corrected chi connectivity index (χ4v) is 1.34. The van der Waals surface area contributed by atoms with Gasteiger partial charge in [0.05, 0.1) is 19.8 Å². The van der Waals surface area contributed by atoms with Crippen molar-refractivity contribution >= 4 is 11.6 Å². The summed E-state index contributed by atoms with van der Waals surface area (Å²) in [5.41, 5.74) is 0.812. The smallest absolute Gasteiger partial charge is 0.238 e. The first-order valence-corrected chi connectivity index (χ1v) is 6.07. The number of hydrogen-bond donors (Lipinski definition) is 2. The van der Waals surface area contributed by atoms with Crippen LogP contribution in [0.15, 0.2) is 43.0 Å². The van der Waals surface area contributed by atoms with E-state index in [-0.39, 0.29) is 5.91 Å². The van der Waals surface area contributed by atoms with Gasteiger partial charge in [-0.05, 0) is 18.6 Å². The Balaban J connectivity index is 2.02. The molecule has 0 aliphatic rings. The van der Waals surface area contributed by atoms with Crippen molar-refractivity contribution < 1.29 is 9.53 Å². The number of nitrogens with one attached hydrogen (secondary N) is 2. The van der Waals surface area contributed by atoms with E-state index in [4.69, 9.17) is 4.74 Å². The third kappa shape index (κ3) is 6.83. The van der Waals surface area contributed by atoms with Crippen LogP contribution in [0, 0.1) is 0 Å². The van der Waals surface area contributed by atoms with Gasteiger partial charge >= 0.3 is 0 Å². The quantitative estimate of drug-likeness (QED) is 0.517. The van der Waals surface area contributed by atoms with Gasteiger partial charge in [-0.1, -0.05) is 24.3 Å². The lowest BCUT2D eigenvalue weighted by Crippen LogP contribution is -2.30. The normalized spacial score (nSPS) is 10.0.